The molecule has 1 unspecified atom stereocenters. The first-order chi connectivity index (χ1) is 7.06. The quantitative estimate of drug-likeness (QED) is 0.640. The summed E-state index contributed by atoms with van der Waals surface area (Å²) in [5.74, 6) is 2.05. The summed E-state index contributed by atoms with van der Waals surface area (Å²) in [6, 6.07) is 0. The van der Waals surface area contributed by atoms with Crippen molar-refractivity contribution in [2.24, 2.45) is 23.2 Å². The lowest BCUT2D eigenvalue weighted by Gasteiger charge is -2.48. The number of carbonyl (C=O) groups is 1. The highest BCUT2D eigenvalue weighted by Crippen LogP contribution is 2.51. The van der Waals surface area contributed by atoms with Crippen LogP contribution in [0.2, 0.25) is 0 Å². The summed E-state index contributed by atoms with van der Waals surface area (Å²) < 4.78 is 0. The van der Waals surface area contributed by atoms with Crippen molar-refractivity contribution in [3.8, 4) is 0 Å². The van der Waals surface area contributed by atoms with Gasteiger partial charge in [-0.25, -0.2) is 0 Å². The fourth-order valence-electron chi connectivity index (χ4n) is 3.94. The number of ketones is 1. The van der Waals surface area contributed by atoms with Crippen molar-refractivity contribution >= 4 is 5.78 Å². The van der Waals surface area contributed by atoms with Gasteiger partial charge in [-0.1, -0.05) is 33.6 Å². The standard InChI is InChI=1S/C14H24O/c1-4-10-9-14(2,3)12-8-6-5-7-11(12)13(10)15/h10-12H,4-9H2,1-3H3/t10?,11-,12+/m0/s1. The van der Waals surface area contributed by atoms with Gasteiger partial charge in [0.2, 0.25) is 0 Å². The lowest BCUT2D eigenvalue weighted by molar-refractivity contribution is -0.139. The molecule has 15 heavy (non-hydrogen) atoms. The van der Waals surface area contributed by atoms with E-state index in [2.05, 4.69) is 20.8 Å². The molecule has 0 aromatic rings. The Morgan fingerprint density at radius 1 is 1.27 bits per heavy atom. The van der Waals surface area contributed by atoms with Crippen LogP contribution in [0.5, 0.6) is 0 Å². The molecule has 0 aromatic heterocycles. The van der Waals surface area contributed by atoms with E-state index in [4.69, 9.17) is 0 Å². The lowest BCUT2D eigenvalue weighted by atomic mass is 9.55. The first-order valence-corrected chi connectivity index (χ1v) is 6.60. The Morgan fingerprint density at radius 2 is 1.93 bits per heavy atom. The molecule has 1 nitrogen and oxygen atoms in total. The molecule has 0 spiro atoms. The van der Waals surface area contributed by atoms with Crippen LogP contribution in [0, 0.1) is 23.2 Å². The number of rotatable bonds is 1. The average molecular weight is 208 g/mol. The second-order valence-electron chi connectivity index (χ2n) is 6.20. The van der Waals surface area contributed by atoms with Crippen LogP contribution < -0.4 is 0 Å². The lowest BCUT2D eigenvalue weighted by Crippen LogP contribution is -2.46. The second kappa shape index (κ2) is 3.92. The van der Waals surface area contributed by atoms with Crippen molar-refractivity contribution in [1.82, 2.24) is 0 Å². The van der Waals surface area contributed by atoms with Crippen molar-refractivity contribution in [3.63, 3.8) is 0 Å². The molecule has 2 aliphatic rings. The normalized spacial score (nSPS) is 39.9. The van der Waals surface area contributed by atoms with Gasteiger partial charge in [0, 0.05) is 11.8 Å². The molecule has 3 atom stereocenters. The van der Waals surface area contributed by atoms with Crippen molar-refractivity contribution in [2.45, 2.75) is 59.3 Å². The highest BCUT2D eigenvalue weighted by Gasteiger charge is 2.47. The maximum atomic E-state index is 12.3. The molecule has 0 N–H and O–H groups in total. The highest BCUT2D eigenvalue weighted by molar-refractivity contribution is 5.84. The molecular formula is C14H24O. The van der Waals surface area contributed by atoms with E-state index in [1.165, 1.54) is 25.7 Å². The Kier molecular flexibility index (Phi) is 2.92. The molecule has 2 aliphatic carbocycles. The summed E-state index contributed by atoms with van der Waals surface area (Å²) in [6.07, 6.45) is 7.26. The largest absolute Gasteiger partial charge is 0.299 e. The Balaban J connectivity index is 2.22. The average Bonchev–Trinajstić information content (AvgIpc) is 2.24. The van der Waals surface area contributed by atoms with E-state index in [1.807, 2.05) is 0 Å². The van der Waals surface area contributed by atoms with E-state index in [1.54, 1.807) is 0 Å². The van der Waals surface area contributed by atoms with Crippen LogP contribution in [-0.2, 0) is 4.79 Å². The number of Topliss-reactive ketones (excluding diaryl/α,β-unsaturated/α-hetero) is 1. The predicted octanol–water partition coefficient (Wildman–Crippen LogP) is 3.82. The minimum atomic E-state index is 0.361. The van der Waals surface area contributed by atoms with E-state index in [9.17, 15) is 4.79 Å². The van der Waals surface area contributed by atoms with E-state index in [0.29, 0.717) is 29.0 Å². The summed E-state index contributed by atoms with van der Waals surface area (Å²) in [6.45, 7) is 6.93. The van der Waals surface area contributed by atoms with Crippen LogP contribution >= 0.6 is 0 Å². The third-order valence-electron chi connectivity index (χ3n) is 4.80. The topological polar surface area (TPSA) is 17.1 Å². The molecule has 0 saturated heterocycles. The smallest absolute Gasteiger partial charge is 0.139 e. The first kappa shape index (κ1) is 11.2. The predicted molar refractivity (Wildman–Crippen MR) is 62.6 cm³/mol. The van der Waals surface area contributed by atoms with Crippen LogP contribution in [0.15, 0.2) is 0 Å². The molecule has 0 amide bonds. The Bertz CT molecular complexity index is 254. The van der Waals surface area contributed by atoms with Gasteiger partial charge in [-0.3, -0.25) is 4.79 Å². The van der Waals surface area contributed by atoms with E-state index in [0.717, 1.165) is 12.8 Å². The van der Waals surface area contributed by atoms with Crippen molar-refractivity contribution in [2.75, 3.05) is 0 Å². The molecule has 2 fully saturated rings. The highest BCUT2D eigenvalue weighted by atomic mass is 16.1. The summed E-state index contributed by atoms with van der Waals surface area (Å²) in [4.78, 5) is 12.3. The zero-order chi connectivity index (χ0) is 11.1. The Labute approximate surface area is 93.6 Å². The third-order valence-corrected chi connectivity index (χ3v) is 4.80. The van der Waals surface area contributed by atoms with Gasteiger partial charge >= 0.3 is 0 Å². The van der Waals surface area contributed by atoms with Crippen molar-refractivity contribution in [3.05, 3.63) is 0 Å². The van der Waals surface area contributed by atoms with Gasteiger partial charge in [-0.15, -0.1) is 0 Å². The zero-order valence-electron chi connectivity index (χ0n) is 10.4. The molecule has 2 saturated carbocycles. The SMILES string of the molecule is CCC1CC(C)(C)[C@@H]2CCCC[C@@H]2C1=O. The summed E-state index contributed by atoms with van der Waals surface area (Å²) in [5.41, 5.74) is 0.402. The molecule has 2 rings (SSSR count). The minimum Gasteiger partial charge on any atom is -0.299 e. The van der Waals surface area contributed by atoms with Crippen molar-refractivity contribution < 1.29 is 4.79 Å². The minimum absolute atomic E-state index is 0.361. The number of fused-ring (bicyclic) bond motifs is 1. The Hall–Kier alpha value is -0.330. The van der Waals surface area contributed by atoms with Gasteiger partial charge in [0.25, 0.3) is 0 Å². The van der Waals surface area contributed by atoms with Crippen LogP contribution in [0.4, 0.5) is 0 Å². The van der Waals surface area contributed by atoms with Crippen LogP contribution in [0.1, 0.15) is 59.3 Å². The van der Waals surface area contributed by atoms with Crippen LogP contribution in [-0.4, -0.2) is 5.78 Å². The first-order valence-electron chi connectivity index (χ1n) is 6.60. The molecule has 0 aliphatic heterocycles. The molecule has 0 radical (unpaired) electrons. The molecule has 0 aromatic carbocycles. The Morgan fingerprint density at radius 3 is 2.60 bits per heavy atom. The van der Waals surface area contributed by atoms with Gasteiger partial charge in [-0.05, 0) is 37.0 Å². The molecule has 0 heterocycles. The van der Waals surface area contributed by atoms with Crippen LogP contribution in [0.3, 0.4) is 0 Å². The van der Waals surface area contributed by atoms with Gasteiger partial charge in [0.15, 0.2) is 0 Å². The monoisotopic (exact) mass is 208 g/mol. The zero-order valence-corrected chi connectivity index (χ0v) is 10.4. The number of hydrogen-bond donors (Lipinski definition) is 0. The van der Waals surface area contributed by atoms with Gasteiger partial charge in [0.1, 0.15) is 5.78 Å². The van der Waals surface area contributed by atoms with E-state index >= 15 is 0 Å². The maximum absolute atomic E-state index is 12.3. The molecule has 0 bridgehead atoms. The molecular weight excluding hydrogens is 184 g/mol. The van der Waals surface area contributed by atoms with Gasteiger partial charge in [-0.2, -0.15) is 0 Å². The number of hydrogen-bond acceptors (Lipinski definition) is 1. The van der Waals surface area contributed by atoms with Crippen LogP contribution in [0.25, 0.3) is 0 Å². The fraction of sp³-hybridized carbons (Fsp3) is 0.929. The number of carbonyl (C=O) groups excluding carboxylic acids is 1. The van der Waals surface area contributed by atoms with Crippen molar-refractivity contribution in [1.29, 1.82) is 0 Å². The summed E-state index contributed by atoms with van der Waals surface area (Å²) in [7, 11) is 0. The van der Waals surface area contributed by atoms with E-state index in [-0.39, 0.29) is 0 Å². The maximum Gasteiger partial charge on any atom is 0.139 e. The van der Waals surface area contributed by atoms with E-state index < -0.39 is 0 Å². The molecule has 86 valence electrons. The second-order valence-corrected chi connectivity index (χ2v) is 6.20. The fourth-order valence-corrected chi connectivity index (χ4v) is 3.94. The van der Waals surface area contributed by atoms with Gasteiger partial charge in [0.05, 0.1) is 0 Å². The summed E-state index contributed by atoms with van der Waals surface area (Å²) in [5, 5.41) is 0. The van der Waals surface area contributed by atoms with Gasteiger partial charge < -0.3 is 0 Å². The third kappa shape index (κ3) is 1.86. The summed E-state index contributed by atoms with van der Waals surface area (Å²) >= 11 is 0. The molecule has 1 heteroatoms.